The Morgan fingerprint density at radius 2 is 1.78 bits per heavy atom. The molecule has 1 aliphatic carbocycles. The maximum Gasteiger partial charge on any atom is 0.315 e. The number of rotatable bonds is 9. The van der Waals surface area contributed by atoms with Gasteiger partial charge in [-0.1, -0.05) is 49.6 Å². The largest absolute Gasteiger partial charge is 0.481 e. The highest BCUT2D eigenvalue weighted by Crippen LogP contribution is 2.17. The van der Waals surface area contributed by atoms with Gasteiger partial charge in [0, 0.05) is 25.6 Å². The number of nitrogens with zero attached hydrogens (tertiary/aromatic N) is 1. The number of benzene rings is 1. The first-order chi connectivity index (χ1) is 13.0. The van der Waals surface area contributed by atoms with E-state index in [-0.39, 0.29) is 30.9 Å². The fraction of sp³-hybridized carbons (Fsp3) is 0.550. The van der Waals surface area contributed by atoms with Crippen molar-refractivity contribution < 1.29 is 19.5 Å². The smallest absolute Gasteiger partial charge is 0.315 e. The van der Waals surface area contributed by atoms with Crippen LogP contribution in [0.3, 0.4) is 0 Å². The van der Waals surface area contributed by atoms with Crippen molar-refractivity contribution in [3.8, 4) is 0 Å². The van der Waals surface area contributed by atoms with Crippen molar-refractivity contribution in [2.24, 2.45) is 0 Å². The fourth-order valence-electron chi connectivity index (χ4n) is 3.27. The van der Waals surface area contributed by atoms with Crippen LogP contribution in [0.25, 0.3) is 0 Å². The average Bonchev–Trinajstić information content (AvgIpc) is 2.66. The summed E-state index contributed by atoms with van der Waals surface area (Å²) in [6, 6.07) is 9.39. The molecule has 3 N–H and O–H groups in total. The van der Waals surface area contributed by atoms with E-state index in [1.54, 1.807) is 4.90 Å². The maximum absolute atomic E-state index is 12.6. The van der Waals surface area contributed by atoms with Gasteiger partial charge in [0.15, 0.2) is 0 Å². The highest BCUT2D eigenvalue weighted by Gasteiger charge is 2.18. The van der Waals surface area contributed by atoms with Gasteiger partial charge < -0.3 is 20.6 Å². The molecule has 0 bridgehead atoms. The number of hydrogen-bond acceptors (Lipinski definition) is 3. The summed E-state index contributed by atoms with van der Waals surface area (Å²) in [5, 5.41) is 14.4. The minimum Gasteiger partial charge on any atom is -0.481 e. The van der Waals surface area contributed by atoms with E-state index in [1.807, 2.05) is 30.3 Å². The van der Waals surface area contributed by atoms with E-state index in [2.05, 4.69) is 10.6 Å². The summed E-state index contributed by atoms with van der Waals surface area (Å²) in [4.78, 5) is 36.9. The molecule has 0 heterocycles. The molecule has 0 saturated heterocycles. The van der Waals surface area contributed by atoms with Crippen LogP contribution in [-0.4, -0.2) is 47.0 Å². The normalized spacial score (nSPS) is 14.4. The lowest BCUT2D eigenvalue weighted by Gasteiger charge is -2.25. The average molecular weight is 375 g/mol. The molecule has 1 aliphatic rings. The predicted molar refractivity (Wildman–Crippen MR) is 102 cm³/mol. The lowest BCUT2D eigenvalue weighted by atomic mass is 9.96. The highest BCUT2D eigenvalue weighted by atomic mass is 16.4. The molecule has 7 nitrogen and oxygen atoms in total. The molecular formula is C20H29N3O4. The topological polar surface area (TPSA) is 98.7 Å². The van der Waals surface area contributed by atoms with E-state index in [4.69, 9.17) is 5.11 Å². The van der Waals surface area contributed by atoms with Crippen molar-refractivity contribution >= 4 is 17.9 Å². The molecule has 1 aromatic carbocycles. The summed E-state index contributed by atoms with van der Waals surface area (Å²) in [6.07, 6.45) is 5.81. The number of amides is 3. The van der Waals surface area contributed by atoms with Gasteiger partial charge >= 0.3 is 12.0 Å². The first kappa shape index (κ1) is 20.7. The minimum absolute atomic E-state index is 0.00810. The Kier molecular flexibility index (Phi) is 8.61. The highest BCUT2D eigenvalue weighted by molar-refractivity contribution is 5.84. The van der Waals surface area contributed by atoms with Crippen LogP contribution in [-0.2, 0) is 16.1 Å². The van der Waals surface area contributed by atoms with Crippen molar-refractivity contribution in [3.05, 3.63) is 35.9 Å². The van der Waals surface area contributed by atoms with Gasteiger partial charge in [0.25, 0.3) is 0 Å². The molecule has 27 heavy (non-hydrogen) atoms. The lowest BCUT2D eigenvalue weighted by Crippen LogP contribution is -2.47. The van der Waals surface area contributed by atoms with Crippen molar-refractivity contribution in [1.82, 2.24) is 15.5 Å². The van der Waals surface area contributed by atoms with Crippen LogP contribution in [0.4, 0.5) is 4.79 Å². The van der Waals surface area contributed by atoms with Gasteiger partial charge in [-0.25, -0.2) is 4.79 Å². The predicted octanol–water partition coefficient (Wildman–Crippen LogP) is 2.51. The van der Waals surface area contributed by atoms with E-state index in [1.165, 1.54) is 6.42 Å². The van der Waals surface area contributed by atoms with Gasteiger partial charge in [-0.2, -0.15) is 0 Å². The fourth-order valence-corrected chi connectivity index (χ4v) is 3.27. The van der Waals surface area contributed by atoms with E-state index in [9.17, 15) is 14.4 Å². The van der Waals surface area contributed by atoms with E-state index >= 15 is 0 Å². The zero-order valence-corrected chi connectivity index (χ0v) is 15.7. The Bertz CT molecular complexity index is 615. The number of carboxylic acids is 1. The monoisotopic (exact) mass is 375 g/mol. The van der Waals surface area contributed by atoms with Crippen LogP contribution < -0.4 is 10.6 Å². The molecule has 148 valence electrons. The van der Waals surface area contributed by atoms with Crippen LogP contribution in [0.1, 0.15) is 50.5 Å². The number of nitrogens with one attached hydrogen (secondary N) is 2. The van der Waals surface area contributed by atoms with Crippen molar-refractivity contribution in [2.45, 2.75) is 57.5 Å². The van der Waals surface area contributed by atoms with Gasteiger partial charge in [-0.05, 0) is 24.8 Å². The second kappa shape index (κ2) is 11.2. The summed E-state index contributed by atoms with van der Waals surface area (Å²) in [7, 11) is 0. The minimum atomic E-state index is -0.882. The quantitative estimate of drug-likeness (QED) is 0.617. The molecule has 3 amide bonds. The van der Waals surface area contributed by atoms with Crippen LogP contribution >= 0.6 is 0 Å². The van der Waals surface area contributed by atoms with E-state index in [0.717, 1.165) is 31.2 Å². The Balaban J connectivity index is 1.83. The number of aliphatic carboxylic acids is 1. The first-order valence-electron chi connectivity index (χ1n) is 9.62. The SMILES string of the molecule is O=C(O)CCCN(Cc1ccccc1)C(=O)CNC(=O)NC1CCCCC1. The third-order valence-electron chi connectivity index (χ3n) is 4.73. The number of carboxylic acid groups (broad SMARTS) is 1. The van der Waals surface area contributed by atoms with Crippen molar-refractivity contribution in [2.75, 3.05) is 13.1 Å². The Morgan fingerprint density at radius 3 is 2.44 bits per heavy atom. The second-order valence-electron chi connectivity index (χ2n) is 6.96. The molecule has 0 radical (unpaired) electrons. The van der Waals surface area contributed by atoms with Gasteiger partial charge in [0.05, 0.1) is 6.54 Å². The third-order valence-corrected chi connectivity index (χ3v) is 4.73. The van der Waals surface area contributed by atoms with Crippen LogP contribution in [0, 0.1) is 0 Å². The zero-order chi connectivity index (χ0) is 19.5. The number of carbonyl (C=O) groups excluding carboxylic acids is 2. The molecule has 0 aliphatic heterocycles. The standard InChI is InChI=1S/C20H29N3O4/c24-18(14-21-20(27)22-17-10-5-2-6-11-17)23(13-7-12-19(25)26)15-16-8-3-1-4-9-16/h1,3-4,8-9,17H,2,5-7,10-15H2,(H,25,26)(H2,21,22,27). The Hall–Kier alpha value is -2.57. The van der Waals surface area contributed by atoms with Gasteiger partial charge in [-0.3, -0.25) is 9.59 Å². The molecule has 7 heteroatoms. The number of hydrogen-bond donors (Lipinski definition) is 3. The maximum atomic E-state index is 12.6. The summed E-state index contributed by atoms with van der Waals surface area (Å²) >= 11 is 0. The van der Waals surface area contributed by atoms with Gasteiger partial charge in [0.2, 0.25) is 5.91 Å². The van der Waals surface area contributed by atoms with Gasteiger partial charge in [0.1, 0.15) is 0 Å². The third kappa shape index (κ3) is 8.11. The molecule has 0 atom stereocenters. The van der Waals surface area contributed by atoms with Crippen molar-refractivity contribution in [3.63, 3.8) is 0 Å². The summed E-state index contributed by atoms with van der Waals surface area (Å²) in [5.74, 6) is -1.10. The summed E-state index contributed by atoms with van der Waals surface area (Å²) < 4.78 is 0. The Labute approximate surface area is 160 Å². The molecule has 2 rings (SSSR count). The molecule has 1 saturated carbocycles. The van der Waals surface area contributed by atoms with Gasteiger partial charge in [-0.15, -0.1) is 0 Å². The Morgan fingerprint density at radius 1 is 1.07 bits per heavy atom. The lowest BCUT2D eigenvalue weighted by molar-refractivity contribution is -0.138. The number of carbonyl (C=O) groups is 3. The van der Waals surface area contributed by atoms with Crippen LogP contribution in [0.15, 0.2) is 30.3 Å². The second-order valence-corrected chi connectivity index (χ2v) is 6.96. The summed E-state index contributed by atoms with van der Waals surface area (Å²) in [5.41, 5.74) is 0.966. The first-order valence-corrected chi connectivity index (χ1v) is 9.62. The van der Waals surface area contributed by atoms with Crippen molar-refractivity contribution in [1.29, 1.82) is 0 Å². The molecule has 0 unspecified atom stereocenters. The molecule has 1 aromatic rings. The zero-order valence-electron chi connectivity index (χ0n) is 15.7. The molecule has 1 fully saturated rings. The molecule has 0 aromatic heterocycles. The molecule has 0 spiro atoms. The molecular weight excluding hydrogens is 346 g/mol. The summed E-state index contributed by atoms with van der Waals surface area (Å²) in [6.45, 7) is 0.635. The van der Waals surface area contributed by atoms with E-state index < -0.39 is 5.97 Å². The number of urea groups is 1. The van der Waals surface area contributed by atoms with Crippen LogP contribution in [0.2, 0.25) is 0 Å². The van der Waals surface area contributed by atoms with Crippen LogP contribution in [0.5, 0.6) is 0 Å². The van der Waals surface area contributed by atoms with E-state index in [0.29, 0.717) is 19.5 Å².